The van der Waals surface area contributed by atoms with Crippen molar-refractivity contribution < 1.29 is 62.6 Å². The standard InChI is InChI=1S/C9H7F11O3/c1-2-22-4(21)6(12,13)9(19,20)23-3-5(10,11)7(14,15)8(16,17)18/h2-3H2,1H3. The Labute approximate surface area is 120 Å². The van der Waals surface area contributed by atoms with Crippen molar-refractivity contribution in [3.63, 3.8) is 0 Å². The van der Waals surface area contributed by atoms with Crippen molar-refractivity contribution in [2.45, 2.75) is 37.0 Å². The lowest BCUT2D eigenvalue weighted by molar-refractivity contribution is -0.393. The molecule has 0 aromatic carbocycles. The Morgan fingerprint density at radius 3 is 1.65 bits per heavy atom. The Morgan fingerprint density at radius 1 is 0.870 bits per heavy atom. The summed E-state index contributed by atoms with van der Waals surface area (Å²) in [6.07, 6.45) is -13.0. The molecule has 0 bridgehead atoms. The third-order valence-corrected chi connectivity index (χ3v) is 2.15. The van der Waals surface area contributed by atoms with Gasteiger partial charge >= 0.3 is 36.0 Å². The molecule has 0 saturated heterocycles. The molecule has 0 N–H and O–H groups in total. The molecule has 0 atom stereocenters. The quantitative estimate of drug-likeness (QED) is 0.506. The minimum atomic E-state index is -6.86. The summed E-state index contributed by atoms with van der Waals surface area (Å²) in [7, 11) is 0. The van der Waals surface area contributed by atoms with Gasteiger partial charge < -0.3 is 9.47 Å². The van der Waals surface area contributed by atoms with Gasteiger partial charge in [0.15, 0.2) is 0 Å². The summed E-state index contributed by atoms with van der Waals surface area (Å²) in [6.45, 7) is -3.38. The van der Waals surface area contributed by atoms with E-state index in [1.165, 1.54) is 0 Å². The van der Waals surface area contributed by atoms with E-state index in [0.29, 0.717) is 0 Å². The second kappa shape index (κ2) is 6.28. The Balaban J connectivity index is 5.25. The van der Waals surface area contributed by atoms with Crippen LogP contribution in [0.1, 0.15) is 6.92 Å². The molecule has 0 radical (unpaired) electrons. The first-order valence-corrected chi connectivity index (χ1v) is 5.33. The molecule has 0 spiro atoms. The van der Waals surface area contributed by atoms with Crippen LogP contribution in [0, 0.1) is 0 Å². The molecule has 0 fully saturated rings. The van der Waals surface area contributed by atoms with Crippen molar-refractivity contribution in [1.29, 1.82) is 0 Å². The van der Waals surface area contributed by atoms with E-state index in [2.05, 4.69) is 9.47 Å². The summed E-state index contributed by atoms with van der Waals surface area (Å²) in [6, 6.07) is 0. The molecule has 3 nitrogen and oxygen atoms in total. The lowest BCUT2D eigenvalue weighted by Crippen LogP contribution is -2.57. The highest BCUT2D eigenvalue weighted by Crippen LogP contribution is 2.47. The number of ether oxygens (including phenoxy) is 2. The van der Waals surface area contributed by atoms with Gasteiger partial charge in [-0.3, -0.25) is 0 Å². The number of rotatable bonds is 7. The fraction of sp³-hybridized carbons (Fsp3) is 0.889. The van der Waals surface area contributed by atoms with Crippen molar-refractivity contribution >= 4 is 5.97 Å². The van der Waals surface area contributed by atoms with Gasteiger partial charge in [-0.1, -0.05) is 0 Å². The first-order chi connectivity index (χ1) is 9.94. The number of hydrogen-bond donors (Lipinski definition) is 0. The number of esters is 1. The third kappa shape index (κ3) is 4.14. The van der Waals surface area contributed by atoms with Crippen LogP contribution in [0.5, 0.6) is 0 Å². The molecule has 0 aliphatic carbocycles. The van der Waals surface area contributed by atoms with Crippen LogP contribution in [0.2, 0.25) is 0 Å². The smallest absolute Gasteiger partial charge is 0.459 e. The fourth-order valence-corrected chi connectivity index (χ4v) is 0.910. The van der Waals surface area contributed by atoms with Crippen molar-refractivity contribution in [2.75, 3.05) is 13.2 Å². The monoisotopic (exact) mass is 372 g/mol. The van der Waals surface area contributed by atoms with E-state index in [-0.39, 0.29) is 0 Å². The maximum absolute atomic E-state index is 12.9. The normalized spacial score (nSPS) is 14.8. The second-order valence-corrected chi connectivity index (χ2v) is 3.88. The van der Waals surface area contributed by atoms with E-state index in [9.17, 15) is 53.1 Å². The van der Waals surface area contributed by atoms with E-state index < -0.39 is 49.2 Å². The molecule has 0 aliphatic heterocycles. The van der Waals surface area contributed by atoms with Gasteiger partial charge in [-0.2, -0.15) is 48.3 Å². The summed E-state index contributed by atoms with van der Waals surface area (Å²) >= 11 is 0. The van der Waals surface area contributed by atoms with Crippen molar-refractivity contribution in [3.8, 4) is 0 Å². The lowest BCUT2D eigenvalue weighted by atomic mass is 10.2. The number of halogens is 11. The maximum Gasteiger partial charge on any atom is 0.459 e. The summed E-state index contributed by atoms with van der Waals surface area (Å²) in [4.78, 5) is 10.5. The minimum absolute atomic E-state index is 0.840. The molecule has 0 rings (SSSR count). The van der Waals surface area contributed by atoms with E-state index >= 15 is 0 Å². The Hall–Kier alpha value is -1.34. The van der Waals surface area contributed by atoms with Gasteiger partial charge in [0.25, 0.3) is 0 Å². The van der Waals surface area contributed by atoms with Crippen LogP contribution in [0.3, 0.4) is 0 Å². The van der Waals surface area contributed by atoms with Crippen LogP contribution in [-0.2, 0) is 14.3 Å². The van der Waals surface area contributed by atoms with Crippen molar-refractivity contribution in [3.05, 3.63) is 0 Å². The van der Waals surface area contributed by atoms with Crippen LogP contribution in [0.25, 0.3) is 0 Å². The number of carbonyl (C=O) groups excluding carboxylic acids is 1. The topological polar surface area (TPSA) is 35.5 Å². The highest BCUT2D eigenvalue weighted by Gasteiger charge is 2.74. The van der Waals surface area contributed by atoms with E-state index in [4.69, 9.17) is 0 Å². The number of hydrogen-bond acceptors (Lipinski definition) is 3. The molecule has 0 amide bonds. The van der Waals surface area contributed by atoms with E-state index in [0.717, 1.165) is 6.92 Å². The lowest BCUT2D eigenvalue weighted by Gasteiger charge is -2.30. The van der Waals surface area contributed by atoms with Crippen LogP contribution in [0.4, 0.5) is 48.3 Å². The number of carbonyl (C=O) groups is 1. The third-order valence-electron chi connectivity index (χ3n) is 2.15. The summed E-state index contributed by atoms with van der Waals surface area (Å²) in [5.41, 5.74) is 0. The predicted molar refractivity (Wildman–Crippen MR) is 48.4 cm³/mol. The Morgan fingerprint density at radius 2 is 1.30 bits per heavy atom. The fourth-order valence-electron chi connectivity index (χ4n) is 0.910. The van der Waals surface area contributed by atoms with Gasteiger partial charge in [-0.15, -0.1) is 0 Å². The average molecular weight is 372 g/mol. The second-order valence-electron chi connectivity index (χ2n) is 3.88. The van der Waals surface area contributed by atoms with Crippen LogP contribution in [-0.4, -0.2) is 49.2 Å². The van der Waals surface area contributed by atoms with Crippen LogP contribution in [0.15, 0.2) is 0 Å². The molecular formula is C9H7F11O3. The van der Waals surface area contributed by atoms with E-state index in [1.807, 2.05) is 0 Å². The van der Waals surface area contributed by atoms with Gasteiger partial charge in [0.1, 0.15) is 6.61 Å². The van der Waals surface area contributed by atoms with Gasteiger partial charge in [-0.25, -0.2) is 4.79 Å². The first kappa shape index (κ1) is 21.7. The summed E-state index contributed by atoms with van der Waals surface area (Å²) in [5.74, 6) is -22.0. The molecule has 0 aromatic heterocycles. The van der Waals surface area contributed by atoms with Gasteiger partial charge in [0.2, 0.25) is 0 Å². The molecular weight excluding hydrogens is 365 g/mol. The minimum Gasteiger partial charge on any atom is -0.461 e. The summed E-state index contributed by atoms with van der Waals surface area (Å²) in [5, 5.41) is 0. The zero-order chi connectivity index (χ0) is 18.9. The SMILES string of the molecule is CCOC(=O)C(F)(F)C(F)(F)OCC(F)(F)C(F)(F)C(F)(F)F. The van der Waals surface area contributed by atoms with Gasteiger partial charge in [0, 0.05) is 0 Å². The molecule has 0 aliphatic rings. The highest BCUT2D eigenvalue weighted by atomic mass is 19.4. The molecule has 14 heteroatoms. The largest absolute Gasteiger partial charge is 0.461 e. The Bertz CT molecular complexity index is 429. The zero-order valence-electron chi connectivity index (χ0n) is 10.8. The zero-order valence-corrected chi connectivity index (χ0v) is 10.8. The number of alkyl halides is 11. The molecule has 23 heavy (non-hydrogen) atoms. The predicted octanol–water partition coefficient (Wildman–Crippen LogP) is 3.63. The summed E-state index contributed by atoms with van der Waals surface area (Å²) < 4.78 is 143. The van der Waals surface area contributed by atoms with Gasteiger partial charge in [0.05, 0.1) is 6.61 Å². The molecule has 138 valence electrons. The molecule has 0 heterocycles. The molecule has 0 saturated carbocycles. The maximum atomic E-state index is 12.9. The Kier molecular flexibility index (Phi) is 5.91. The molecule has 0 unspecified atom stereocenters. The van der Waals surface area contributed by atoms with Crippen LogP contribution >= 0.6 is 0 Å². The molecule has 0 aromatic rings. The van der Waals surface area contributed by atoms with Crippen molar-refractivity contribution in [2.24, 2.45) is 0 Å². The first-order valence-electron chi connectivity index (χ1n) is 5.33. The van der Waals surface area contributed by atoms with Crippen LogP contribution < -0.4 is 0 Å². The highest BCUT2D eigenvalue weighted by molar-refractivity contribution is 5.78. The van der Waals surface area contributed by atoms with Gasteiger partial charge in [-0.05, 0) is 6.92 Å². The van der Waals surface area contributed by atoms with E-state index in [1.54, 1.807) is 0 Å². The average Bonchev–Trinajstić information content (AvgIpc) is 2.35. The van der Waals surface area contributed by atoms with Crippen molar-refractivity contribution in [1.82, 2.24) is 0 Å².